The molecule has 10 heteroatoms. The van der Waals surface area contributed by atoms with E-state index in [1.54, 1.807) is 10.4 Å². The number of alkyl halides is 3. The van der Waals surface area contributed by atoms with Crippen LogP contribution in [0.1, 0.15) is 30.9 Å². The predicted octanol–water partition coefficient (Wildman–Crippen LogP) is 3.84. The van der Waals surface area contributed by atoms with Gasteiger partial charge in [0, 0.05) is 19.6 Å². The van der Waals surface area contributed by atoms with Gasteiger partial charge in [-0.3, -0.25) is 0 Å². The van der Waals surface area contributed by atoms with Crippen LogP contribution in [0.5, 0.6) is 0 Å². The molecule has 2 aromatic rings. The summed E-state index contributed by atoms with van der Waals surface area (Å²) in [5.74, 6) is -2.76. The van der Waals surface area contributed by atoms with E-state index in [0.717, 1.165) is 43.6 Å². The molecule has 2 aromatic carbocycles. The molecule has 2 heterocycles. The molecule has 1 unspecified atom stereocenters. The fourth-order valence-electron chi connectivity index (χ4n) is 4.35. The molecule has 1 spiro atoms. The minimum absolute atomic E-state index is 0.428. The fraction of sp³-hybridized carbons (Fsp3) is 0.409. The number of carboxylic acid groups (broad SMARTS) is 1. The van der Waals surface area contributed by atoms with Crippen molar-refractivity contribution in [3.05, 3.63) is 65.7 Å². The van der Waals surface area contributed by atoms with Crippen LogP contribution in [0.3, 0.4) is 0 Å². The van der Waals surface area contributed by atoms with Crippen LogP contribution >= 0.6 is 0 Å². The SMILES string of the molecule is CCCN1CCC2(C1)c1ccccc1S(=O)(=O)N2Cc1ccccc1.O=C(O)C(F)(F)F. The van der Waals surface area contributed by atoms with E-state index in [2.05, 4.69) is 11.8 Å². The normalized spacial score (nSPS) is 22.4. The van der Waals surface area contributed by atoms with Crippen molar-refractivity contribution in [2.24, 2.45) is 0 Å². The van der Waals surface area contributed by atoms with Gasteiger partial charge in [0.2, 0.25) is 10.0 Å². The highest BCUT2D eigenvalue weighted by atomic mass is 32.2. The Labute approximate surface area is 185 Å². The summed E-state index contributed by atoms with van der Waals surface area (Å²) in [7, 11) is -3.47. The standard InChI is InChI=1S/C20H24N2O2S.C2HF3O2/c1-2-13-21-14-12-20(16-21)18-10-6-7-11-19(18)25(23,24)22(20)15-17-8-4-3-5-9-17;3-2(4,5)1(6)7/h3-11H,2,12-16H2,1H3;(H,6,7). The molecule has 2 aliphatic heterocycles. The van der Waals surface area contributed by atoms with Crippen LogP contribution in [0, 0.1) is 0 Å². The monoisotopic (exact) mass is 470 g/mol. The van der Waals surface area contributed by atoms with Crippen molar-refractivity contribution in [2.45, 2.75) is 42.9 Å². The first-order valence-electron chi connectivity index (χ1n) is 10.2. The van der Waals surface area contributed by atoms with Crippen molar-refractivity contribution < 1.29 is 31.5 Å². The molecule has 174 valence electrons. The maximum absolute atomic E-state index is 13.3. The van der Waals surface area contributed by atoms with Crippen molar-refractivity contribution in [1.82, 2.24) is 9.21 Å². The van der Waals surface area contributed by atoms with Gasteiger partial charge in [-0.15, -0.1) is 0 Å². The molecule has 2 aliphatic rings. The average molecular weight is 471 g/mol. The van der Waals surface area contributed by atoms with E-state index in [0.29, 0.717) is 11.4 Å². The van der Waals surface area contributed by atoms with Gasteiger partial charge in [0.15, 0.2) is 0 Å². The molecule has 1 N–H and O–H groups in total. The Bertz CT molecular complexity index is 1060. The Hall–Kier alpha value is -2.43. The summed E-state index contributed by atoms with van der Waals surface area (Å²) in [5.41, 5.74) is 1.58. The molecule has 0 aromatic heterocycles. The third-order valence-corrected chi connectivity index (χ3v) is 7.68. The van der Waals surface area contributed by atoms with Crippen LogP contribution in [-0.2, 0) is 26.9 Å². The zero-order chi connectivity index (χ0) is 23.6. The zero-order valence-corrected chi connectivity index (χ0v) is 18.4. The predicted molar refractivity (Wildman–Crippen MR) is 112 cm³/mol. The molecular formula is C22H25F3N2O4S. The van der Waals surface area contributed by atoms with E-state index in [9.17, 15) is 21.6 Å². The minimum atomic E-state index is -5.08. The number of hydrogen-bond acceptors (Lipinski definition) is 4. The van der Waals surface area contributed by atoms with Gasteiger partial charge in [0.1, 0.15) is 0 Å². The van der Waals surface area contributed by atoms with Crippen LogP contribution in [0.2, 0.25) is 0 Å². The summed E-state index contributed by atoms with van der Waals surface area (Å²) in [6.45, 7) is 5.35. The topological polar surface area (TPSA) is 77.9 Å². The summed E-state index contributed by atoms with van der Waals surface area (Å²) in [5, 5.41) is 7.12. The Morgan fingerprint density at radius 3 is 2.28 bits per heavy atom. The van der Waals surface area contributed by atoms with Gasteiger partial charge in [-0.1, -0.05) is 55.5 Å². The average Bonchev–Trinajstić information content (AvgIpc) is 3.23. The van der Waals surface area contributed by atoms with Crippen LogP contribution in [0.15, 0.2) is 59.5 Å². The van der Waals surface area contributed by atoms with E-state index in [1.807, 2.05) is 48.5 Å². The third kappa shape index (κ3) is 4.67. The molecule has 6 nitrogen and oxygen atoms in total. The van der Waals surface area contributed by atoms with E-state index in [-0.39, 0.29) is 0 Å². The Morgan fingerprint density at radius 2 is 1.69 bits per heavy atom. The molecular weight excluding hydrogens is 445 g/mol. The van der Waals surface area contributed by atoms with Crippen LogP contribution < -0.4 is 0 Å². The summed E-state index contributed by atoms with van der Waals surface area (Å²) in [6.07, 6.45) is -3.14. The number of rotatable bonds is 4. The number of carbonyl (C=O) groups is 1. The first kappa shape index (κ1) is 24.2. The molecule has 0 radical (unpaired) electrons. The lowest BCUT2D eigenvalue weighted by atomic mass is 9.88. The number of hydrogen-bond donors (Lipinski definition) is 1. The molecule has 0 saturated carbocycles. The second kappa shape index (κ2) is 9.21. The van der Waals surface area contributed by atoms with Gasteiger partial charge in [-0.05, 0) is 36.6 Å². The highest BCUT2D eigenvalue weighted by molar-refractivity contribution is 7.89. The summed E-state index contributed by atoms with van der Waals surface area (Å²) >= 11 is 0. The lowest BCUT2D eigenvalue weighted by molar-refractivity contribution is -0.192. The quantitative estimate of drug-likeness (QED) is 0.735. The number of fused-ring (bicyclic) bond motifs is 2. The number of carboxylic acids is 1. The molecule has 1 saturated heterocycles. The van der Waals surface area contributed by atoms with Crippen molar-refractivity contribution in [1.29, 1.82) is 0 Å². The van der Waals surface area contributed by atoms with Gasteiger partial charge in [-0.2, -0.15) is 17.5 Å². The molecule has 0 amide bonds. The maximum Gasteiger partial charge on any atom is 0.490 e. The Balaban J connectivity index is 0.000000360. The van der Waals surface area contributed by atoms with E-state index in [4.69, 9.17) is 9.90 Å². The molecule has 1 atom stereocenters. The van der Waals surface area contributed by atoms with Crippen molar-refractivity contribution >= 4 is 16.0 Å². The first-order chi connectivity index (χ1) is 15.0. The largest absolute Gasteiger partial charge is 0.490 e. The summed E-state index contributed by atoms with van der Waals surface area (Å²) in [6, 6.07) is 17.5. The highest BCUT2D eigenvalue weighted by Crippen LogP contribution is 2.49. The number of halogens is 3. The third-order valence-electron chi connectivity index (χ3n) is 5.71. The smallest absolute Gasteiger partial charge is 0.475 e. The highest BCUT2D eigenvalue weighted by Gasteiger charge is 2.56. The number of likely N-dealkylation sites (tertiary alicyclic amines) is 1. The van der Waals surface area contributed by atoms with Gasteiger partial charge in [-0.25, -0.2) is 13.2 Å². The Kier molecular flexibility index (Phi) is 6.97. The second-order valence-electron chi connectivity index (χ2n) is 7.85. The number of sulfonamides is 1. The van der Waals surface area contributed by atoms with Gasteiger partial charge in [0.05, 0.1) is 10.4 Å². The second-order valence-corrected chi connectivity index (χ2v) is 9.68. The summed E-state index contributed by atoms with van der Waals surface area (Å²) < 4.78 is 60.1. The van der Waals surface area contributed by atoms with Crippen LogP contribution in [0.4, 0.5) is 13.2 Å². The van der Waals surface area contributed by atoms with Crippen molar-refractivity contribution in [2.75, 3.05) is 19.6 Å². The molecule has 32 heavy (non-hydrogen) atoms. The lowest BCUT2D eigenvalue weighted by Crippen LogP contribution is -2.45. The zero-order valence-electron chi connectivity index (χ0n) is 17.5. The minimum Gasteiger partial charge on any atom is -0.475 e. The van der Waals surface area contributed by atoms with Crippen LogP contribution in [-0.4, -0.2) is 54.5 Å². The van der Waals surface area contributed by atoms with E-state index in [1.165, 1.54) is 0 Å². The Morgan fingerprint density at radius 1 is 1.09 bits per heavy atom. The molecule has 4 rings (SSSR count). The van der Waals surface area contributed by atoms with E-state index >= 15 is 0 Å². The van der Waals surface area contributed by atoms with Gasteiger partial charge >= 0.3 is 12.1 Å². The maximum atomic E-state index is 13.3. The van der Waals surface area contributed by atoms with E-state index < -0.39 is 27.7 Å². The van der Waals surface area contributed by atoms with Crippen molar-refractivity contribution in [3.8, 4) is 0 Å². The molecule has 1 fully saturated rings. The number of aliphatic carboxylic acids is 1. The van der Waals surface area contributed by atoms with Gasteiger partial charge < -0.3 is 10.0 Å². The fourth-order valence-corrected chi connectivity index (χ4v) is 6.40. The molecule has 0 bridgehead atoms. The van der Waals surface area contributed by atoms with Crippen molar-refractivity contribution in [3.63, 3.8) is 0 Å². The van der Waals surface area contributed by atoms with Gasteiger partial charge in [0.25, 0.3) is 0 Å². The summed E-state index contributed by atoms with van der Waals surface area (Å²) in [4.78, 5) is 11.8. The molecule has 0 aliphatic carbocycles. The number of benzene rings is 2. The lowest BCUT2D eigenvalue weighted by Gasteiger charge is -2.34. The number of nitrogens with zero attached hydrogens (tertiary/aromatic N) is 2. The van der Waals surface area contributed by atoms with Crippen LogP contribution in [0.25, 0.3) is 0 Å². The first-order valence-corrected chi connectivity index (χ1v) is 11.6.